The SMILES string of the molecule is CC(C)C(NC(=O)C(CCC(=O)O)NC(=O)C(N)CO)C(=O)NC(CCCCN)C(=O)O. The summed E-state index contributed by atoms with van der Waals surface area (Å²) >= 11 is 0. The van der Waals surface area contributed by atoms with Crippen LogP contribution in [0.4, 0.5) is 0 Å². The Hall–Kier alpha value is -2.77. The van der Waals surface area contributed by atoms with E-state index in [9.17, 15) is 29.1 Å². The summed E-state index contributed by atoms with van der Waals surface area (Å²) in [6.45, 7) is 2.95. The van der Waals surface area contributed by atoms with Gasteiger partial charge in [-0.05, 0) is 38.1 Å². The first-order valence-electron chi connectivity index (χ1n) is 10.4. The average molecular weight is 462 g/mol. The van der Waals surface area contributed by atoms with Crippen LogP contribution in [0, 0.1) is 5.92 Å². The van der Waals surface area contributed by atoms with Crippen LogP contribution in [0.1, 0.15) is 46.0 Å². The molecule has 13 nitrogen and oxygen atoms in total. The van der Waals surface area contributed by atoms with Gasteiger partial charge in [0.15, 0.2) is 0 Å². The zero-order valence-electron chi connectivity index (χ0n) is 18.4. The number of rotatable bonds is 16. The number of unbranched alkanes of at least 4 members (excludes halogenated alkanes) is 1. The number of carbonyl (C=O) groups excluding carboxylic acids is 3. The van der Waals surface area contributed by atoms with Crippen molar-refractivity contribution in [3.63, 3.8) is 0 Å². The van der Waals surface area contributed by atoms with Crippen LogP contribution in [0.2, 0.25) is 0 Å². The molecule has 0 fully saturated rings. The fraction of sp³-hybridized carbons (Fsp3) is 0.737. The summed E-state index contributed by atoms with van der Waals surface area (Å²) in [5.41, 5.74) is 10.8. The summed E-state index contributed by atoms with van der Waals surface area (Å²) in [7, 11) is 0. The first-order chi connectivity index (χ1) is 14.9. The van der Waals surface area contributed by atoms with Gasteiger partial charge in [0.05, 0.1) is 6.61 Å². The van der Waals surface area contributed by atoms with E-state index in [1.165, 1.54) is 0 Å². The molecule has 4 atom stereocenters. The smallest absolute Gasteiger partial charge is 0.326 e. The lowest BCUT2D eigenvalue weighted by Crippen LogP contribution is -2.58. The Morgan fingerprint density at radius 3 is 1.91 bits per heavy atom. The third-order valence-corrected chi connectivity index (χ3v) is 4.62. The summed E-state index contributed by atoms with van der Waals surface area (Å²) < 4.78 is 0. The highest BCUT2D eigenvalue weighted by molar-refractivity contribution is 5.94. The van der Waals surface area contributed by atoms with Gasteiger partial charge in [0.25, 0.3) is 0 Å². The van der Waals surface area contributed by atoms with E-state index in [0.29, 0.717) is 19.4 Å². The van der Waals surface area contributed by atoms with Crippen LogP contribution < -0.4 is 27.4 Å². The van der Waals surface area contributed by atoms with Crippen LogP contribution in [-0.4, -0.2) is 82.3 Å². The van der Waals surface area contributed by atoms with Crippen LogP contribution in [0.5, 0.6) is 0 Å². The molecular weight excluding hydrogens is 426 g/mol. The predicted octanol–water partition coefficient (Wildman–Crippen LogP) is -2.51. The topological polar surface area (TPSA) is 234 Å². The maximum atomic E-state index is 12.7. The van der Waals surface area contributed by atoms with E-state index >= 15 is 0 Å². The first-order valence-corrected chi connectivity index (χ1v) is 10.4. The van der Waals surface area contributed by atoms with Crippen molar-refractivity contribution in [3.8, 4) is 0 Å². The van der Waals surface area contributed by atoms with Gasteiger partial charge in [0.2, 0.25) is 17.7 Å². The Morgan fingerprint density at radius 1 is 0.844 bits per heavy atom. The molecular formula is C19H35N5O8. The molecule has 0 rings (SSSR count). The number of nitrogens with one attached hydrogen (secondary N) is 3. The van der Waals surface area contributed by atoms with Crippen LogP contribution in [0.3, 0.4) is 0 Å². The highest BCUT2D eigenvalue weighted by atomic mass is 16.4. The van der Waals surface area contributed by atoms with Gasteiger partial charge in [-0.25, -0.2) is 4.79 Å². The zero-order chi connectivity index (χ0) is 24.8. The minimum atomic E-state index is -1.33. The van der Waals surface area contributed by atoms with Crippen molar-refractivity contribution in [3.05, 3.63) is 0 Å². The fourth-order valence-electron chi connectivity index (χ4n) is 2.70. The van der Waals surface area contributed by atoms with E-state index in [2.05, 4.69) is 16.0 Å². The van der Waals surface area contributed by atoms with E-state index in [4.69, 9.17) is 21.7 Å². The molecule has 0 radical (unpaired) electrons. The Bertz CT molecular complexity index is 658. The molecule has 0 saturated heterocycles. The number of carboxylic acids is 2. The molecule has 0 bridgehead atoms. The monoisotopic (exact) mass is 461 g/mol. The van der Waals surface area contributed by atoms with Gasteiger partial charge < -0.3 is 42.7 Å². The molecule has 184 valence electrons. The number of hydrogen-bond donors (Lipinski definition) is 8. The molecule has 0 aliphatic carbocycles. The fourth-order valence-corrected chi connectivity index (χ4v) is 2.70. The normalized spacial score (nSPS) is 14.7. The first kappa shape index (κ1) is 29.2. The quantitative estimate of drug-likeness (QED) is 0.112. The van der Waals surface area contributed by atoms with Gasteiger partial charge in [-0.15, -0.1) is 0 Å². The lowest BCUT2D eigenvalue weighted by Gasteiger charge is -2.27. The molecule has 0 aromatic rings. The predicted molar refractivity (Wildman–Crippen MR) is 113 cm³/mol. The largest absolute Gasteiger partial charge is 0.481 e. The second-order valence-corrected chi connectivity index (χ2v) is 7.70. The second kappa shape index (κ2) is 15.1. The maximum Gasteiger partial charge on any atom is 0.326 e. The molecule has 0 saturated carbocycles. The number of aliphatic carboxylic acids is 2. The van der Waals surface area contributed by atoms with Crippen molar-refractivity contribution in [2.75, 3.05) is 13.2 Å². The molecule has 0 aromatic carbocycles. The van der Waals surface area contributed by atoms with Crippen molar-refractivity contribution in [2.45, 2.75) is 70.1 Å². The minimum absolute atomic E-state index is 0.160. The Morgan fingerprint density at radius 2 is 1.44 bits per heavy atom. The standard InChI is InChI=1S/C19H35N5O8/c1-10(2)15(18(30)23-13(19(31)32)5-3-4-8-20)24-17(29)12(6-7-14(26)27)22-16(28)11(21)9-25/h10-13,15,25H,3-9,20-21H2,1-2H3,(H,22,28)(H,23,30)(H,24,29)(H,26,27)(H,31,32). The van der Waals surface area contributed by atoms with Gasteiger partial charge in [0.1, 0.15) is 24.2 Å². The summed E-state index contributed by atoms with van der Waals surface area (Å²) in [4.78, 5) is 59.7. The van der Waals surface area contributed by atoms with Crippen LogP contribution >= 0.6 is 0 Å². The zero-order valence-corrected chi connectivity index (χ0v) is 18.4. The Labute approximate surface area is 186 Å². The van der Waals surface area contributed by atoms with E-state index < -0.39 is 72.8 Å². The van der Waals surface area contributed by atoms with E-state index in [1.54, 1.807) is 13.8 Å². The molecule has 0 heterocycles. The number of carbonyl (C=O) groups is 5. The number of carboxylic acid groups (broad SMARTS) is 2. The highest BCUT2D eigenvalue weighted by Gasteiger charge is 2.31. The molecule has 0 aliphatic rings. The molecule has 13 heteroatoms. The van der Waals surface area contributed by atoms with Gasteiger partial charge >= 0.3 is 11.9 Å². The summed E-state index contributed by atoms with van der Waals surface area (Å²) in [5, 5.41) is 34.3. The lowest BCUT2D eigenvalue weighted by molar-refractivity contribution is -0.142. The van der Waals surface area contributed by atoms with Gasteiger partial charge in [-0.1, -0.05) is 13.8 Å². The van der Waals surface area contributed by atoms with Crippen LogP contribution in [0.25, 0.3) is 0 Å². The Balaban J connectivity index is 5.36. The number of hydrogen-bond acceptors (Lipinski definition) is 8. The second-order valence-electron chi connectivity index (χ2n) is 7.70. The summed E-state index contributed by atoms with van der Waals surface area (Å²) in [6.07, 6.45) is 0.501. The molecule has 10 N–H and O–H groups in total. The summed E-state index contributed by atoms with van der Waals surface area (Å²) in [6, 6.07) is -4.96. The number of amides is 3. The number of nitrogens with two attached hydrogens (primary N) is 2. The van der Waals surface area contributed by atoms with Crippen molar-refractivity contribution >= 4 is 29.7 Å². The van der Waals surface area contributed by atoms with Crippen molar-refractivity contribution in [2.24, 2.45) is 17.4 Å². The molecule has 0 spiro atoms. The maximum absolute atomic E-state index is 12.7. The van der Waals surface area contributed by atoms with Gasteiger partial charge in [-0.2, -0.15) is 0 Å². The van der Waals surface area contributed by atoms with E-state index in [1.807, 2.05) is 0 Å². The van der Waals surface area contributed by atoms with Crippen molar-refractivity contribution < 1.29 is 39.3 Å². The van der Waals surface area contributed by atoms with E-state index in [0.717, 1.165) is 0 Å². The Kier molecular flexibility index (Phi) is 13.8. The number of aliphatic hydroxyl groups is 1. The van der Waals surface area contributed by atoms with Crippen LogP contribution in [-0.2, 0) is 24.0 Å². The highest BCUT2D eigenvalue weighted by Crippen LogP contribution is 2.08. The molecule has 3 amide bonds. The lowest BCUT2D eigenvalue weighted by atomic mass is 10.0. The molecule has 4 unspecified atom stereocenters. The molecule has 0 aliphatic heterocycles. The van der Waals surface area contributed by atoms with Gasteiger partial charge in [-0.3, -0.25) is 19.2 Å². The van der Waals surface area contributed by atoms with Crippen molar-refractivity contribution in [1.29, 1.82) is 0 Å². The number of aliphatic hydroxyl groups excluding tert-OH is 1. The van der Waals surface area contributed by atoms with Gasteiger partial charge in [0, 0.05) is 6.42 Å². The van der Waals surface area contributed by atoms with Crippen LogP contribution in [0.15, 0.2) is 0 Å². The van der Waals surface area contributed by atoms with Crippen molar-refractivity contribution in [1.82, 2.24) is 16.0 Å². The molecule has 32 heavy (non-hydrogen) atoms. The third-order valence-electron chi connectivity index (χ3n) is 4.62. The molecule has 0 aromatic heterocycles. The van der Waals surface area contributed by atoms with E-state index in [-0.39, 0.29) is 12.8 Å². The average Bonchev–Trinajstić information content (AvgIpc) is 2.72. The minimum Gasteiger partial charge on any atom is -0.481 e. The third kappa shape index (κ3) is 11.0. The summed E-state index contributed by atoms with van der Waals surface area (Å²) in [5.74, 6) is -5.32.